The highest BCUT2D eigenvalue weighted by atomic mass is 35.5. The molecule has 4 heteroatoms. The van der Waals surface area contributed by atoms with E-state index in [1.807, 2.05) is 6.08 Å². The number of carbonyl (C=O) groups is 1. The second-order valence-electron chi connectivity index (χ2n) is 3.91. The van der Waals surface area contributed by atoms with Crippen molar-refractivity contribution in [2.45, 2.75) is 19.8 Å². The average Bonchev–Trinajstić information content (AvgIpc) is 2.93. The standard InChI is InChI=1S/C11H13ClN2O/c1-8(15)11(3-4-11)9-2-5-13-7-14-6-10(9)12/h2,6-7H,3-5H2,1H3,(H,13,14)/b9-2+,10-6?. The monoisotopic (exact) mass is 224 g/mol. The van der Waals surface area contributed by atoms with Crippen LogP contribution in [0, 0.1) is 5.41 Å². The Morgan fingerprint density at radius 2 is 2.33 bits per heavy atom. The summed E-state index contributed by atoms with van der Waals surface area (Å²) in [6.45, 7) is 2.20. The van der Waals surface area contributed by atoms with Gasteiger partial charge in [-0.05, 0) is 25.3 Å². The van der Waals surface area contributed by atoms with E-state index in [1.54, 1.807) is 19.5 Å². The summed E-state index contributed by atoms with van der Waals surface area (Å²) in [5.74, 6) is 0.199. The fraction of sp³-hybridized carbons (Fsp3) is 0.455. The smallest absolute Gasteiger partial charge is 0.140 e. The van der Waals surface area contributed by atoms with Crippen LogP contribution in [-0.2, 0) is 4.79 Å². The molecule has 2 aliphatic rings. The molecule has 3 nitrogen and oxygen atoms in total. The van der Waals surface area contributed by atoms with Crippen molar-refractivity contribution in [2.75, 3.05) is 6.54 Å². The van der Waals surface area contributed by atoms with E-state index >= 15 is 0 Å². The number of halogens is 1. The molecule has 0 aromatic heterocycles. The van der Waals surface area contributed by atoms with Crippen molar-refractivity contribution in [1.29, 1.82) is 0 Å². The number of carbonyl (C=O) groups excluding carboxylic acids is 1. The predicted octanol–water partition coefficient (Wildman–Crippen LogP) is 1.99. The summed E-state index contributed by atoms with van der Waals surface area (Å²) in [6, 6.07) is 0. The molecule has 15 heavy (non-hydrogen) atoms. The van der Waals surface area contributed by atoms with Crippen molar-refractivity contribution in [1.82, 2.24) is 5.32 Å². The normalized spacial score (nSPS) is 26.5. The van der Waals surface area contributed by atoms with Gasteiger partial charge in [-0.3, -0.25) is 9.79 Å². The summed E-state index contributed by atoms with van der Waals surface area (Å²) >= 11 is 6.14. The van der Waals surface area contributed by atoms with Crippen LogP contribution in [0.4, 0.5) is 0 Å². The van der Waals surface area contributed by atoms with Crippen LogP contribution in [-0.4, -0.2) is 18.7 Å². The molecular weight excluding hydrogens is 212 g/mol. The Kier molecular flexibility index (Phi) is 2.65. The Morgan fingerprint density at radius 1 is 1.60 bits per heavy atom. The highest BCUT2D eigenvalue weighted by Crippen LogP contribution is 2.55. The Bertz CT molecular complexity index is 378. The molecule has 0 unspecified atom stereocenters. The molecule has 0 aromatic rings. The lowest BCUT2D eigenvalue weighted by Gasteiger charge is -2.16. The number of nitrogens with one attached hydrogen (secondary N) is 1. The van der Waals surface area contributed by atoms with Crippen LogP contribution in [0.5, 0.6) is 0 Å². The summed E-state index contributed by atoms with van der Waals surface area (Å²) in [6.07, 6.45) is 7.04. The van der Waals surface area contributed by atoms with Crippen LogP contribution >= 0.6 is 11.6 Å². The third-order valence-electron chi connectivity index (χ3n) is 2.97. The Balaban J connectivity index is 2.34. The van der Waals surface area contributed by atoms with E-state index < -0.39 is 0 Å². The van der Waals surface area contributed by atoms with Crippen LogP contribution in [0.2, 0.25) is 0 Å². The number of allylic oxidation sites excluding steroid dienone is 2. The lowest BCUT2D eigenvalue weighted by atomic mass is 9.91. The van der Waals surface area contributed by atoms with Gasteiger partial charge in [-0.25, -0.2) is 0 Å². The minimum absolute atomic E-state index is 0.199. The number of hydrogen-bond donors (Lipinski definition) is 1. The van der Waals surface area contributed by atoms with Crippen molar-refractivity contribution >= 4 is 23.7 Å². The zero-order chi connectivity index (χ0) is 10.9. The van der Waals surface area contributed by atoms with Gasteiger partial charge in [0.05, 0.1) is 23.3 Å². The van der Waals surface area contributed by atoms with E-state index in [2.05, 4.69) is 10.3 Å². The molecule has 80 valence electrons. The molecule has 0 bridgehead atoms. The molecule has 1 aliphatic heterocycles. The molecule has 0 saturated heterocycles. The summed E-state index contributed by atoms with van der Waals surface area (Å²) < 4.78 is 0. The maximum atomic E-state index is 11.6. The molecule has 1 heterocycles. The summed E-state index contributed by atoms with van der Waals surface area (Å²) in [4.78, 5) is 15.7. The quantitative estimate of drug-likeness (QED) is 0.780. The van der Waals surface area contributed by atoms with Gasteiger partial charge in [0.2, 0.25) is 0 Å². The van der Waals surface area contributed by atoms with Crippen LogP contribution in [0.3, 0.4) is 0 Å². The molecule has 1 fully saturated rings. The SMILES string of the molecule is CC(=O)C1(/C2=C/CN=CNC=C2Cl)CC1. The third-order valence-corrected chi connectivity index (χ3v) is 3.29. The number of hydrogen-bond acceptors (Lipinski definition) is 3. The van der Waals surface area contributed by atoms with Crippen LogP contribution in [0.25, 0.3) is 0 Å². The molecule has 0 aromatic carbocycles. The summed E-state index contributed by atoms with van der Waals surface area (Å²) in [5.41, 5.74) is 0.614. The van der Waals surface area contributed by atoms with Gasteiger partial charge in [-0.2, -0.15) is 0 Å². The van der Waals surface area contributed by atoms with Crippen molar-refractivity contribution in [3.8, 4) is 0 Å². The second-order valence-corrected chi connectivity index (χ2v) is 4.32. The molecule has 2 rings (SSSR count). The van der Waals surface area contributed by atoms with Crippen LogP contribution < -0.4 is 5.32 Å². The van der Waals surface area contributed by atoms with Crippen LogP contribution in [0.15, 0.2) is 27.9 Å². The highest BCUT2D eigenvalue weighted by molar-refractivity contribution is 6.32. The van der Waals surface area contributed by atoms with E-state index in [-0.39, 0.29) is 11.2 Å². The minimum Gasteiger partial charge on any atom is -0.352 e. The first-order chi connectivity index (χ1) is 7.17. The number of rotatable bonds is 2. The lowest BCUT2D eigenvalue weighted by molar-refractivity contribution is -0.120. The Hall–Kier alpha value is -1.09. The zero-order valence-electron chi connectivity index (χ0n) is 8.59. The average molecular weight is 225 g/mol. The van der Waals surface area contributed by atoms with E-state index in [1.165, 1.54) is 0 Å². The lowest BCUT2D eigenvalue weighted by Crippen LogP contribution is -2.17. The molecule has 1 aliphatic carbocycles. The van der Waals surface area contributed by atoms with E-state index in [0.29, 0.717) is 11.6 Å². The van der Waals surface area contributed by atoms with Gasteiger partial charge in [-0.15, -0.1) is 0 Å². The van der Waals surface area contributed by atoms with Gasteiger partial charge in [0.1, 0.15) is 5.78 Å². The minimum atomic E-state index is -0.317. The topological polar surface area (TPSA) is 41.5 Å². The predicted molar refractivity (Wildman–Crippen MR) is 60.9 cm³/mol. The number of aliphatic imine (C=N–C) groups is 1. The molecule has 1 N–H and O–H groups in total. The summed E-state index contributed by atoms with van der Waals surface area (Å²) in [7, 11) is 0. The molecule has 0 radical (unpaired) electrons. The Labute approximate surface area is 93.9 Å². The zero-order valence-corrected chi connectivity index (χ0v) is 9.34. The van der Waals surface area contributed by atoms with Crippen molar-refractivity contribution in [2.24, 2.45) is 10.4 Å². The van der Waals surface area contributed by atoms with Crippen molar-refractivity contribution in [3.05, 3.63) is 22.9 Å². The van der Waals surface area contributed by atoms with Crippen molar-refractivity contribution < 1.29 is 4.79 Å². The first kappa shape index (κ1) is 10.4. The van der Waals surface area contributed by atoms with Gasteiger partial charge in [0, 0.05) is 6.20 Å². The number of ketones is 1. The molecule has 1 saturated carbocycles. The molecule has 0 spiro atoms. The van der Waals surface area contributed by atoms with Gasteiger partial charge in [0.25, 0.3) is 0 Å². The van der Waals surface area contributed by atoms with Gasteiger partial charge in [-0.1, -0.05) is 17.7 Å². The maximum absolute atomic E-state index is 11.6. The number of Topliss-reactive ketones (excluding diaryl/α,β-unsaturated/α-hetero) is 1. The van der Waals surface area contributed by atoms with Gasteiger partial charge >= 0.3 is 0 Å². The number of nitrogens with zero attached hydrogens (tertiary/aromatic N) is 1. The summed E-state index contributed by atoms with van der Waals surface area (Å²) in [5, 5.41) is 3.49. The second kappa shape index (κ2) is 3.81. The fourth-order valence-corrected chi connectivity index (χ4v) is 2.22. The molecular formula is C11H13ClN2O. The van der Waals surface area contributed by atoms with E-state index in [9.17, 15) is 4.79 Å². The third kappa shape index (κ3) is 1.84. The van der Waals surface area contributed by atoms with Gasteiger partial charge < -0.3 is 5.32 Å². The first-order valence-electron chi connectivity index (χ1n) is 4.99. The van der Waals surface area contributed by atoms with Crippen LogP contribution in [0.1, 0.15) is 19.8 Å². The first-order valence-corrected chi connectivity index (χ1v) is 5.37. The van der Waals surface area contributed by atoms with Crippen molar-refractivity contribution in [3.63, 3.8) is 0 Å². The Morgan fingerprint density at radius 3 is 2.93 bits per heavy atom. The van der Waals surface area contributed by atoms with Gasteiger partial charge in [0.15, 0.2) is 0 Å². The molecule has 0 amide bonds. The maximum Gasteiger partial charge on any atom is 0.140 e. The molecule has 0 atom stereocenters. The largest absolute Gasteiger partial charge is 0.352 e. The van der Waals surface area contributed by atoms with E-state index in [4.69, 9.17) is 11.6 Å². The fourth-order valence-electron chi connectivity index (χ4n) is 1.90. The van der Waals surface area contributed by atoms with E-state index in [0.717, 1.165) is 18.4 Å². The highest BCUT2D eigenvalue weighted by Gasteiger charge is 2.51.